The number of anilines is 1. The van der Waals surface area contributed by atoms with E-state index < -0.39 is 5.60 Å². The molecule has 8 heteroatoms. The van der Waals surface area contributed by atoms with Gasteiger partial charge in [0, 0.05) is 18.1 Å². The predicted octanol–water partition coefficient (Wildman–Crippen LogP) is 3.00. The normalized spacial score (nSPS) is 16.9. The molecule has 0 spiro atoms. The van der Waals surface area contributed by atoms with Crippen molar-refractivity contribution in [1.82, 2.24) is 4.90 Å². The number of rotatable bonds is 6. The molecule has 164 valence electrons. The van der Waals surface area contributed by atoms with Crippen molar-refractivity contribution >= 4 is 23.3 Å². The SMILES string of the molecule is CC(=O)c1cc2c(cc1NC(=O)CN1CCC(CC(=O)OC(C)(C)C)CC1)OCO2. The second kappa shape index (κ2) is 9.04. The molecule has 1 fully saturated rings. The van der Waals surface area contributed by atoms with Gasteiger partial charge in [-0.3, -0.25) is 19.3 Å². The van der Waals surface area contributed by atoms with E-state index in [0.717, 1.165) is 25.9 Å². The molecule has 0 radical (unpaired) electrons. The Balaban J connectivity index is 1.50. The number of carbonyl (C=O) groups is 3. The van der Waals surface area contributed by atoms with E-state index >= 15 is 0 Å². The predicted molar refractivity (Wildman–Crippen MR) is 111 cm³/mol. The summed E-state index contributed by atoms with van der Waals surface area (Å²) in [5.41, 5.74) is 0.351. The number of nitrogens with one attached hydrogen (secondary N) is 1. The quantitative estimate of drug-likeness (QED) is 0.561. The topological polar surface area (TPSA) is 94.2 Å². The van der Waals surface area contributed by atoms with Crippen molar-refractivity contribution in [2.45, 2.75) is 52.6 Å². The number of hydrogen-bond acceptors (Lipinski definition) is 7. The smallest absolute Gasteiger partial charge is 0.306 e. The highest BCUT2D eigenvalue weighted by Gasteiger charge is 2.26. The number of likely N-dealkylation sites (tertiary alicyclic amines) is 1. The lowest BCUT2D eigenvalue weighted by molar-refractivity contribution is -0.156. The highest BCUT2D eigenvalue weighted by Crippen LogP contribution is 2.37. The second-order valence-electron chi connectivity index (χ2n) is 8.87. The zero-order valence-electron chi connectivity index (χ0n) is 18.1. The molecule has 0 saturated carbocycles. The molecule has 0 atom stereocenters. The van der Waals surface area contributed by atoms with Crippen LogP contribution in [0.15, 0.2) is 12.1 Å². The fourth-order valence-electron chi connectivity index (χ4n) is 3.70. The molecule has 30 heavy (non-hydrogen) atoms. The lowest BCUT2D eigenvalue weighted by atomic mass is 9.93. The third-order valence-electron chi connectivity index (χ3n) is 5.12. The van der Waals surface area contributed by atoms with E-state index in [2.05, 4.69) is 10.2 Å². The van der Waals surface area contributed by atoms with Crippen LogP contribution in [0.1, 0.15) is 57.3 Å². The van der Waals surface area contributed by atoms with Crippen molar-refractivity contribution in [2.75, 3.05) is 31.7 Å². The molecule has 8 nitrogen and oxygen atoms in total. The van der Waals surface area contributed by atoms with Gasteiger partial charge in [-0.05, 0) is 65.6 Å². The number of hydrogen-bond donors (Lipinski definition) is 1. The number of ketones is 1. The van der Waals surface area contributed by atoms with Crippen molar-refractivity contribution in [1.29, 1.82) is 0 Å². The summed E-state index contributed by atoms with van der Waals surface area (Å²) in [6.07, 6.45) is 2.10. The van der Waals surface area contributed by atoms with Crippen LogP contribution in [0.3, 0.4) is 0 Å². The molecule has 0 aliphatic carbocycles. The minimum Gasteiger partial charge on any atom is -0.460 e. The molecule has 1 aromatic carbocycles. The van der Waals surface area contributed by atoms with Gasteiger partial charge in [0.05, 0.1) is 12.2 Å². The molecule has 2 aliphatic rings. The van der Waals surface area contributed by atoms with Crippen LogP contribution in [0.5, 0.6) is 11.5 Å². The minimum atomic E-state index is -0.469. The number of benzene rings is 1. The van der Waals surface area contributed by atoms with Crippen LogP contribution in [-0.2, 0) is 14.3 Å². The molecular weight excluding hydrogens is 388 g/mol. The summed E-state index contributed by atoms with van der Waals surface area (Å²) in [7, 11) is 0. The lowest BCUT2D eigenvalue weighted by Gasteiger charge is -2.31. The Hall–Kier alpha value is -2.61. The molecule has 2 heterocycles. The summed E-state index contributed by atoms with van der Waals surface area (Å²) in [6.45, 7) is 8.84. The number of esters is 1. The Morgan fingerprint density at radius 1 is 1.13 bits per heavy atom. The zero-order chi connectivity index (χ0) is 21.9. The van der Waals surface area contributed by atoms with Gasteiger partial charge in [0.2, 0.25) is 12.7 Å². The van der Waals surface area contributed by atoms with Crippen molar-refractivity contribution in [2.24, 2.45) is 5.92 Å². The number of nitrogens with zero attached hydrogens (tertiary/aromatic N) is 1. The van der Waals surface area contributed by atoms with Gasteiger partial charge in [-0.15, -0.1) is 0 Å². The second-order valence-corrected chi connectivity index (χ2v) is 8.87. The monoisotopic (exact) mass is 418 g/mol. The van der Waals surface area contributed by atoms with Gasteiger partial charge in [0.15, 0.2) is 17.3 Å². The third-order valence-corrected chi connectivity index (χ3v) is 5.12. The summed E-state index contributed by atoms with van der Waals surface area (Å²) >= 11 is 0. The Morgan fingerprint density at radius 2 is 1.77 bits per heavy atom. The Kier molecular flexibility index (Phi) is 6.65. The van der Waals surface area contributed by atoms with E-state index in [4.69, 9.17) is 14.2 Å². The fraction of sp³-hybridized carbons (Fsp3) is 0.591. The molecule has 1 aromatic rings. The van der Waals surface area contributed by atoms with E-state index in [1.54, 1.807) is 12.1 Å². The standard InChI is InChI=1S/C22H30N2O6/c1-14(25)16-10-18-19(29-13-28-18)11-17(16)23-20(26)12-24-7-5-15(6-8-24)9-21(27)30-22(2,3)4/h10-11,15H,5-9,12-13H2,1-4H3,(H,23,26). The average molecular weight is 418 g/mol. The number of piperidine rings is 1. The molecule has 0 bridgehead atoms. The first-order valence-corrected chi connectivity index (χ1v) is 10.3. The van der Waals surface area contributed by atoms with Crippen LogP contribution in [0.4, 0.5) is 5.69 Å². The summed E-state index contributed by atoms with van der Waals surface area (Å²) in [5.74, 6) is 0.771. The molecule has 0 aromatic heterocycles. The summed E-state index contributed by atoms with van der Waals surface area (Å²) in [5, 5.41) is 2.83. The van der Waals surface area contributed by atoms with Crippen molar-refractivity contribution in [3.8, 4) is 11.5 Å². The maximum Gasteiger partial charge on any atom is 0.306 e. The van der Waals surface area contributed by atoms with Gasteiger partial charge in [0.1, 0.15) is 5.60 Å². The maximum atomic E-state index is 12.6. The maximum absolute atomic E-state index is 12.6. The molecule has 1 amide bonds. The van der Waals surface area contributed by atoms with Crippen LogP contribution >= 0.6 is 0 Å². The summed E-state index contributed by atoms with van der Waals surface area (Å²) < 4.78 is 16.0. The largest absolute Gasteiger partial charge is 0.460 e. The van der Waals surface area contributed by atoms with E-state index in [0.29, 0.717) is 29.2 Å². The third kappa shape index (κ3) is 5.95. The van der Waals surface area contributed by atoms with Gasteiger partial charge in [-0.25, -0.2) is 0 Å². The van der Waals surface area contributed by atoms with Crippen LogP contribution < -0.4 is 14.8 Å². The van der Waals surface area contributed by atoms with Crippen LogP contribution in [0.2, 0.25) is 0 Å². The first-order chi connectivity index (χ1) is 14.1. The van der Waals surface area contributed by atoms with Crippen LogP contribution in [-0.4, -0.2) is 54.6 Å². The van der Waals surface area contributed by atoms with Gasteiger partial charge >= 0.3 is 5.97 Å². The fourth-order valence-corrected chi connectivity index (χ4v) is 3.70. The highest BCUT2D eigenvalue weighted by atomic mass is 16.7. The van der Waals surface area contributed by atoms with Gasteiger partial charge < -0.3 is 19.5 Å². The molecule has 1 N–H and O–H groups in total. The van der Waals surface area contributed by atoms with E-state index in [-0.39, 0.29) is 36.9 Å². The number of ether oxygens (including phenoxy) is 3. The van der Waals surface area contributed by atoms with Crippen LogP contribution in [0, 0.1) is 5.92 Å². The number of carbonyl (C=O) groups excluding carboxylic acids is 3. The lowest BCUT2D eigenvalue weighted by Crippen LogP contribution is -2.40. The zero-order valence-corrected chi connectivity index (χ0v) is 18.1. The first kappa shape index (κ1) is 22.1. The van der Waals surface area contributed by atoms with Crippen LogP contribution in [0.25, 0.3) is 0 Å². The number of amides is 1. The molecule has 1 saturated heterocycles. The molecule has 2 aliphatic heterocycles. The molecule has 0 unspecified atom stereocenters. The molecule has 3 rings (SSSR count). The average Bonchev–Trinajstić information content (AvgIpc) is 3.08. The van der Waals surface area contributed by atoms with E-state index in [1.807, 2.05) is 20.8 Å². The highest BCUT2D eigenvalue weighted by molar-refractivity contribution is 6.05. The van der Waals surface area contributed by atoms with E-state index in [1.165, 1.54) is 6.92 Å². The molecular formula is C22H30N2O6. The summed E-state index contributed by atoms with van der Waals surface area (Å²) in [6, 6.07) is 3.23. The Labute approximate surface area is 176 Å². The van der Waals surface area contributed by atoms with E-state index in [9.17, 15) is 14.4 Å². The van der Waals surface area contributed by atoms with Crippen molar-refractivity contribution < 1.29 is 28.6 Å². The Morgan fingerprint density at radius 3 is 2.37 bits per heavy atom. The van der Waals surface area contributed by atoms with Gasteiger partial charge in [0.25, 0.3) is 0 Å². The van der Waals surface area contributed by atoms with Gasteiger partial charge in [-0.1, -0.05) is 0 Å². The van der Waals surface area contributed by atoms with Crippen molar-refractivity contribution in [3.63, 3.8) is 0 Å². The van der Waals surface area contributed by atoms with Gasteiger partial charge in [-0.2, -0.15) is 0 Å². The Bertz CT molecular complexity index is 822. The minimum absolute atomic E-state index is 0.0995. The number of fused-ring (bicyclic) bond motifs is 1. The first-order valence-electron chi connectivity index (χ1n) is 10.3. The summed E-state index contributed by atoms with van der Waals surface area (Å²) in [4.78, 5) is 38.6. The van der Waals surface area contributed by atoms with Crippen molar-refractivity contribution in [3.05, 3.63) is 17.7 Å². The number of Topliss-reactive ketones (excluding diaryl/α,β-unsaturated/α-hetero) is 1.